The summed E-state index contributed by atoms with van der Waals surface area (Å²) in [6.07, 6.45) is 3.94. The zero-order valence-electron chi connectivity index (χ0n) is 20.7. The van der Waals surface area contributed by atoms with Crippen molar-refractivity contribution >= 4 is 0 Å². The van der Waals surface area contributed by atoms with Gasteiger partial charge in [-0.25, -0.2) is 0 Å². The fourth-order valence-electron chi connectivity index (χ4n) is 3.56. The van der Waals surface area contributed by atoms with Crippen LogP contribution in [0.2, 0.25) is 0 Å². The molecule has 2 nitrogen and oxygen atoms in total. The lowest BCUT2D eigenvalue weighted by molar-refractivity contribution is 0.271. The van der Waals surface area contributed by atoms with Crippen molar-refractivity contribution in [3.05, 3.63) is 70.8 Å². The lowest BCUT2D eigenvalue weighted by atomic mass is 10.0. The summed E-state index contributed by atoms with van der Waals surface area (Å²) in [4.78, 5) is 4.85. The smallest absolute Gasteiger partial charge is 0.0237 e. The molecule has 1 aliphatic heterocycles. The predicted octanol–water partition coefficient (Wildman–Crippen LogP) is 7.13. The molecule has 2 aromatic carbocycles. The third kappa shape index (κ3) is 9.91. The topological polar surface area (TPSA) is 6.48 Å². The number of hydrogen-bond donors (Lipinski definition) is 0. The van der Waals surface area contributed by atoms with Gasteiger partial charge in [0.25, 0.3) is 0 Å². The molecule has 0 radical (unpaired) electrons. The van der Waals surface area contributed by atoms with Crippen LogP contribution in [-0.2, 0) is 19.5 Å². The molecule has 0 unspecified atom stereocenters. The minimum Gasteiger partial charge on any atom is -0.306 e. The van der Waals surface area contributed by atoms with E-state index < -0.39 is 0 Å². The highest BCUT2D eigenvalue weighted by Gasteiger charge is 2.06. The van der Waals surface area contributed by atoms with E-state index in [1.54, 1.807) is 0 Å². The molecule has 1 fully saturated rings. The van der Waals surface area contributed by atoms with Crippen LogP contribution in [0.3, 0.4) is 0 Å². The number of benzene rings is 2. The molecule has 0 amide bonds. The van der Waals surface area contributed by atoms with Crippen molar-refractivity contribution in [1.82, 2.24) is 9.80 Å². The van der Waals surface area contributed by atoms with Crippen LogP contribution >= 0.6 is 0 Å². The monoisotopic (exact) mass is 410 g/mol. The molecule has 1 saturated heterocycles. The first-order chi connectivity index (χ1) is 14.5. The number of likely N-dealkylation sites (tertiary alicyclic amines) is 1. The van der Waals surface area contributed by atoms with Gasteiger partial charge in [-0.1, -0.05) is 90.1 Å². The molecule has 30 heavy (non-hydrogen) atoms. The molecule has 0 bridgehead atoms. The molecule has 0 saturated carbocycles. The number of nitrogens with zero attached hydrogens (tertiary/aromatic N) is 2. The van der Waals surface area contributed by atoms with Gasteiger partial charge >= 0.3 is 0 Å². The zero-order chi connectivity index (χ0) is 22.4. The highest BCUT2D eigenvalue weighted by molar-refractivity contribution is 5.25. The summed E-state index contributed by atoms with van der Waals surface area (Å²) in [5.74, 6) is 0.605. The maximum absolute atomic E-state index is 2.49. The minimum absolute atomic E-state index is 0.605. The third-order valence-electron chi connectivity index (χ3n) is 5.67. The van der Waals surface area contributed by atoms with Crippen LogP contribution in [-0.4, -0.2) is 36.5 Å². The van der Waals surface area contributed by atoms with Crippen molar-refractivity contribution in [1.29, 1.82) is 0 Å². The van der Waals surface area contributed by atoms with Gasteiger partial charge in [0.15, 0.2) is 0 Å². The standard InChI is InChI=1S/C21H29N.C5H11N.C2H6/c1-5-18-7-9-19(10-8-18)15-22(6-2)16-20-11-13-21(14-12-20)17(3)4;1-6-4-2-3-5-6;1-2/h7-14,17H,5-6,15-16H2,1-4H3;2-5H2,1H3;1-2H3. The van der Waals surface area contributed by atoms with Crippen molar-refractivity contribution in [2.24, 2.45) is 0 Å². The number of rotatable bonds is 7. The van der Waals surface area contributed by atoms with E-state index in [0.717, 1.165) is 26.1 Å². The molecule has 0 aromatic heterocycles. The SMILES string of the molecule is CC.CCc1ccc(CN(CC)Cc2ccc(C(C)C)cc2)cc1.CN1CCCC1. The van der Waals surface area contributed by atoms with Gasteiger partial charge in [0.2, 0.25) is 0 Å². The molecule has 0 aliphatic carbocycles. The second kappa shape index (κ2) is 15.2. The Morgan fingerprint density at radius 2 is 1.20 bits per heavy atom. The summed E-state index contributed by atoms with van der Waals surface area (Å²) in [5.41, 5.74) is 5.63. The lowest BCUT2D eigenvalue weighted by Crippen LogP contribution is -2.22. The van der Waals surface area contributed by atoms with E-state index in [-0.39, 0.29) is 0 Å². The first kappa shape index (κ1) is 26.4. The molecule has 3 rings (SSSR count). The Hall–Kier alpha value is -1.64. The van der Waals surface area contributed by atoms with Crippen molar-refractivity contribution in [2.45, 2.75) is 79.8 Å². The van der Waals surface area contributed by atoms with Gasteiger partial charge in [0.1, 0.15) is 0 Å². The van der Waals surface area contributed by atoms with E-state index in [2.05, 4.69) is 93.1 Å². The molecule has 168 valence electrons. The molecule has 0 atom stereocenters. The van der Waals surface area contributed by atoms with Gasteiger partial charge in [-0.15, -0.1) is 0 Å². The molecule has 2 aromatic rings. The maximum atomic E-state index is 2.49. The first-order valence-electron chi connectivity index (χ1n) is 12.1. The van der Waals surface area contributed by atoms with Crippen LogP contribution in [0.5, 0.6) is 0 Å². The summed E-state index contributed by atoms with van der Waals surface area (Å²) in [7, 11) is 2.17. The van der Waals surface area contributed by atoms with Crippen molar-refractivity contribution in [3.8, 4) is 0 Å². The fraction of sp³-hybridized carbons (Fsp3) is 0.571. The second-order valence-electron chi connectivity index (χ2n) is 8.38. The number of hydrogen-bond acceptors (Lipinski definition) is 2. The van der Waals surface area contributed by atoms with E-state index in [4.69, 9.17) is 0 Å². The Morgan fingerprint density at radius 1 is 0.767 bits per heavy atom. The normalized spacial score (nSPS) is 13.6. The van der Waals surface area contributed by atoms with E-state index in [1.807, 2.05) is 13.8 Å². The predicted molar refractivity (Wildman–Crippen MR) is 134 cm³/mol. The average molecular weight is 411 g/mol. The quantitative estimate of drug-likeness (QED) is 0.479. The molecular weight excluding hydrogens is 364 g/mol. The summed E-state index contributed by atoms with van der Waals surface area (Å²) < 4.78 is 0. The second-order valence-corrected chi connectivity index (χ2v) is 8.38. The van der Waals surface area contributed by atoms with Crippen LogP contribution < -0.4 is 0 Å². The van der Waals surface area contributed by atoms with Gasteiger partial charge < -0.3 is 4.90 Å². The van der Waals surface area contributed by atoms with Crippen molar-refractivity contribution < 1.29 is 0 Å². The Bertz CT molecular complexity index is 652. The minimum atomic E-state index is 0.605. The summed E-state index contributed by atoms with van der Waals surface area (Å²) in [6.45, 7) is 18.7. The van der Waals surface area contributed by atoms with Crippen LogP contribution in [0.4, 0.5) is 0 Å². The van der Waals surface area contributed by atoms with Crippen LogP contribution in [0.25, 0.3) is 0 Å². The Morgan fingerprint density at radius 3 is 1.53 bits per heavy atom. The highest BCUT2D eigenvalue weighted by Crippen LogP contribution is 2.16. The van der Waals surface area contributed by atoms with Gasteiger partial charge in [-0.3, -0.25) is 4.90 Å². The Labute approximate surface area is 187 Å². The Kier molecular flexibility index (Phi) is 13.4. The maximum Gasteiger partial charge on any atom is 0.0237 e. The zero-order valence-corrected chi connectivity index (χ0v) is 20.7. The largest absolute Gasteiger partial charge is 0.306 e. The fourth-order valence-corrected chi connectivity index (χ4v) is 3.56. The van der Waals surface area contributed by atoms with Crippen LogP contribution in [0.15, 0.2) is 48.5 Å². The van der Waals surface area contributed by atoms with E-state index >= 15 is 0 Å². The Balaban J connectivity index is 0.000000474. The van der Waals surface area contributed by atoms with Gasteiger partial charge in [-0.2, -0.15) is 0 Å². The molecular formula is C28H46N2. The lowest BCUT2D eigenvalue weighted by Gasteiger charge is -2.21. The van der Waals surface area contributed by atoms with Gasteiger partial charge in [0, 0.05) is 13.1 Å². The van der Waals surface area contributed by atoms with Crippen LogP contribution in [0, 0.1) is 0 Å². The highest BCUT2D eigenvalue weighted by atomic mass is 15.1. The van der Waals surface area contributed by atoms with Crippen molar-refractivity contribution in [2.75, 3.05) is 26.7 Å². The van der Waals surface area contributed by atoms with E-state index in [1.165, 1.54) is 48.2 Å². The molecule has 1 heterocycles. The summed E-state index contributed by atoms with van der Waals surface area (Å²) >= 11 is 0. The van der Waals surface area contributed by atoms with E-state index in [9.17, 15) is 0 Å². The van der Waals surface area contributed by atoms with Crippen molar-refractivity contribution in [3.63, 3.8) is 0 Å². The van der Waals surface area contributed by atoms with Gasteiger partial charge in [-0.05, 0) is 74.1 Å². The summed E-state index contributed by atoms with van der Waals surface area (Å²) in [5, 5.41) is 0. The molecule has 0 spiro atoms. The molecule has 2 heteroatoms. The third-order valence-corrected chi connectivity index (χ3v) is 5.67. The molecule has 0 N–H and O–H groups in total. The molecule has 1 aliphatic rings. The first-order valence-corrected chi connectivity index (χ1v) is 12.1. The average Bonchev–Trinajstić information content (AvgIpc) is 3.27. The van der Waals surface area contributed by atoms with E-state index in [0.29, 0.717) is 5.92 Å². The van der Waals surface area contributed by atoms with Gasteiger partial charge in [0.05, 0.1) is 0 Å². The number of aryl methyl sites for hydroxylation is 1. The summed E-state index contributed by atoms with van der Waals surface area (Å²) in [6, 6.07) is 18.1. The van der Waals surface area contributed by atoms with Crippen LogP contribution in [0.1, 0.15) is 82.6 Å².